The van der Waals surface area contributed by atoms with Crippen LogP contribution in [0.5, 0.6) is 0 Å². The van der Waals surface area contributed by atoms with E-state index in [-0.39, 0.29) is 17.6 Å². The van der Waals surface area contributed by atoms with Crippen molar-refractivity contribution in [3.05, 3.63) is 98.8 Å². The molecule has 0 spiro atoms. The van der Waals surface area contributed by atoms with Gasteiger partial charge in [-0.2, -0.15) is 0 Å². The monoisotopic (exact) mass is 515 g/mol. The molecule has 2 atom stereocenters. The van der Waals surface area contributed by atoms with Gasteiger partial charge in [0.15, 0.2) is 5.78 Å². The third kappa shape index (κ3) is 4.65. The van der Waals surface area contributed by atoms with Crippen LogP contribution in [0.4, 0.5) is 5.82 Å². The van der Waals surface area contributed by atoms with Crippen molar-refractivity contribution in [2.75, 3.05) is 11.6 Å². The zero-order chi connectivity index (χ0) is 25.4. The first-order valence-electron chi connectivity index (χ1n) is 12.0. The van der Waals surface area contributed by atoms with Gasteiger partial charge in [0.2, 0.25) is 0 Å². The fraction of sp³-hybridized carbons (Fsp3) is 0.276. The molecule has 0 saturated heterocycles. The van der Waals surface area contributed by atoms with Gasteiger partial charge in [0, 0.05) is 46.0 Å². The van der Waals surface area contributed by atoms with Crippen molar-refractivity contribution in [1.29, 1.82) is 0 Å². The summed E-state index contributed by atoms with van der Waals surface area (Å²) in [5.74, 6) is 0.0789. The number of hydrogen-bond acceptors (Lipinski definition) is 6. The number of aromatic nitrogens is 1. The van der Waals surface area contributed by atoms with Crippen molar-refractivity contribution in [3.8, 4) is 0 Å². The van der Waals surface area contributed by atoms with E-state index in [0.29, 0.717) is 17.8 Å². The summed E-state index contributed by atoms with van der Waals surface area (Å²) in [6.45, 7) is 5.97. The molecule has 1 aromatic carbocycles. The molecule has 2 unspecified atom stereocenters. The molecular formula is C29H29N3O2S2. The van der Waals surface area contributed by atoms with Crippen LogP contribution in [0.15, 0.2) is 81.5 Å². The van der Waals surface area contributed by atoms with E-state index < -0.39 is 5.92 Å². The number of carbonyl (C=O) groups excluding carboxylic acids is 2. The highest BCUT2D eigenvalue weighted by Gasteiger charge is 2.42. The molecule has 1 aliphatic carbocycles. The number of benzene rings is 1. The first kappa shape index (κ1) is 24.5. The highest BCUT2D eigenvalue weighted by atomic mass is 32.2. The molecule has 2 aliphatic rings. The van der Waals surface area contributed by atoms with Crippen molar-refractivity contribution < 1.29 is 9.59 Å². The number of allylic oxidation sites excluding steroid dienone is 3. The van der Waals surface area contributed by atoms with Crippen LogP contribution in [0.3, 0.4) is 0 Å². The Morgan fingerprint density at radius 3 is 2.61 bits per heavy atom. The summed E-state index contributed by atoms with van der Waals surface area (Å²) >= 11 is 3.38. The minimum Gasteiger partial charge on any atom is -0.362 e. The van der Waals surface area contributed by atoms with Gasteiger partial charge >= 0.3 is 0 Å². The van der Waals surface area contributed by atoms with Crippen molar-refractivity contribution in [3.63, 3.8) is 0 Å². The second kappa shape index (κ2) is 10.1. The predicted molar refractivity (Wildman–Crippen MR) is 147 cm³/mol. The molecule has 0 fully saturated rings. The van der Waals surface area contributed by atoms with Gasteiger partial charge in [0.25, 0.3) is 5.91 Å². The zero-order valence-electron chi connectivity index (χ0n) is 20.8. The number of nitrogens with one attached hydrogen (secondary N) is 2. The van der Waals surface area contributed by atoms with Crippen LogP contribution in [-0.4, -0.2) is 22.9 Å². The summed E-state index contributed by atoms with van der Waals surface area (Å²) in [6.07, 6.45) is 4.91. The third-order valence-corrected chi connectivity index (χ3v) is 9.06. The summed E-state index contributed by atoms with van der Waals surface area (Å²) in [4.78, 5) is 33.1. The van der Waals surface area contributed by atoms with Crippen molar-refractivity contribution in [2.45, 2.75) is 49.7 Å². The largest absolute Gasteiger partial charge is 0.362 e. The maximum absolute atomic E-state index is 13.8. The molecule has 0 saturated carbocycles. The Bertz CT molecular complexity index is 1400. The average molecular weight is 516 g/mol. The van der Waals surface area contributed by atoms with E-state index in [1.54, 1.807) is 29.3 Å². The standard InChI is InChI=1S/C29H29N3O2S2/c1-16-10-11-30-24(12-16)32-28(34)25-18(3)31-22-14-20(19-8-6-5-7-9-19)15-23(33)27(22)26(25)21-13-17(2)36-29(21)35-4/h5-13,20,26,31H,14-15H2,1-4H3,(H,30,32,34). The molecule has 0 radical (unpaired) electrons. The molecule has 0 bridgehead atoms. The number of amides is 1. The molecule has 36 heavy (non-hydrogen) atoms. The summed E-state index contributed by atoms with van der Waals surface area (Å²) in [7, 11) is 0. The normalized spacial score (nSPS) is 19.7. The Labute approximate surface area is 220 Å². The van der Waals surface area contributed by atoms with E-state index in [1.165, 1.54) is 10.4 Å². The summed E-state index contributed by atoms with van der Waals surface area (Å²) in [5.41, 5.74) is 6.24. The number of nitrogens with zero attached hydrogens (tertiary/aromatic N) is 1. The smallest absolute Gasteiger partial charge is 0.255 e. The van der Waals surface area contributed by atoms with Crippen LogP contribution in [0.2, 0.25) is 0 Å². The van der Waals surface area contributed by atoms with Crippen LogP contribution in [0.25, 0.3) is 0 Å². The molecule has 7 heteroatoms. The first-order valence-corrected chi connectivity index (χ1v) is 14.1. The molecule has 1 aliphatic heterocycles. The Morgan fingerprint density at radius 1 is 1.11 bits per heavy atom. The Balaban J connectivity index is 1.59. The van der Waals surface area contributed by atoms with Gasteiger partial charge in [0.05, 0.1) is 4.21 Å². The SMILES string of the molecule is CSc1sc(C)cc1C1C(C(=O)Nc2cc(C)ccn2)=C(C)NC2=C1C(=O)CC(c1ccccc1)C2. The van der Waals surface area contributed by atoms with Gasteiger partial charge in [0.1, 0.15) is 5.82 Å². The molecule has 1 amide bonds. The third-order valence-electron chi connectivity index (χ3n) is 6.84. The number of thiophene rings is 1. The fourth-order valence-electron chi connectivity index (χ4n) is 5.27. The van der Waals surface area contributed by atoms with Gasteiger partial charge < -0.3 is 10.6 Å². The molecule has 2 aromatic heterocycles. The molecule has 2 N–H and O–H groups in total. The maximum Gasteiger partial charge on any atom is 0.255 e. The first-order chi connectivity index (χ1) is 17.4. The highest BCUT2D eigenvalue weighted by Crippen LogP contribution is 2.49. The summed E-state index contributed by atoms with van der Waals surface area (Å²) in [5, 5.41) is 6.46. The molecule has 5 rings (SSSR count). The topological polar surface area (TPSA) is 71.1 Å². The second-order valence-corrected chi connectivity index (χ2v) is 11.7. The number of rotatable bonds is 5. The van der Waals surface area contributed by atoms with E-state index in [1.807, 2.05) is 50.4 Å². The van der Waals surface area contributed by atoms with Crippen LogP contribution in [0.1, 0.15) is 53.2 Å². The Kier molecular flexibility index (Phi) is 6.86. The Morgan fingerprint density at radius 2 is 1.89 bits per heavy atom. The lowest BCUT2D eigenvalue weighted by Gasteiger charge is -2.37. The van der Waals surface area contributed by atoms with E-state index >= 15 is 0 Å². The molecule has 3 heterocycles. The number of dihydropyridines is 1. The van der Waals surface area contributed by atoms with E-state index in [9.17, 15) is 9.59 Å². The highest BCUT2D eigenvalue weighted by molar-refractivity contribution is 8.00. The average Bonchev–Trinajstić information content (AvgIpc) is 3.23. The number of carbonyl (C=O) groups is 2. The van der Waals surface area contributed by atoms with Gasteiger partial charge in [-0.05, 0) is 74.3 Å². The van der Waals surface area contributed by atoms with E-state index in [2.05, 4.69) is 40.7 Å². The van der Waals surface area contributed by atoms with Crippen molar-refractivity contribution >= 4 is 40.6 Å². The lowest BCUT2D eigenvalue weighted by atomic mass is 9.72. The minimum absolute atomic E-state index is 0.102. The van der Waals surface area contributed by atoms with Gasteiger partial charge in [-0.1, -0.05) is 30.3 Å². The molecule has 3 aromatic rings. The van der Waals surface area contributed by atoms with Gasteiger partial charge in [-0.25, -0.2) is 4.98 Å². The maximum atomic E-state index is 13.8. The van der Waals surface area contributed by atoms with Crippen LogP contribution < -0.4 is 10.6 Å². The van der Waals surface area contributed by atoms with Crippen LogP contribution >= 0.6 is 23.1 Å². The summed E-state index contributed by atoms with van der Waals surface area (Å²) < 4.78 is 1.14. The second-order valence-electron chi connectivity index (χ2n) is 9.40. The number of thioether (sulfide) groups is 1. The van der Waals surface area contributed by atoms with Crippen molar-refractivity contribution in [2.24, 2.45) is 0 Å². The fourth-order valence-corrected chi connectivity index (χ4v) is 7.19. The lowest BCUT2D eigenvalue weighted by molar-refractivity contribution is -0.116. The number of pyridine rings is 1. The molecule has 5 nitrogen and oxygen atoms in total. The molecular weight excluding hydrogens is 486 g/mol. The minimum atomic E-state index is -0.414. The van der Waals surface area contributed by atoms with E-state index in [4.69, 9.17) is 0 Å². The van der Waals surface area contributed by atoms with Gasteiger partial charge in [-0.3, -0.25) is 9.59 Å². The number of hydrogen-bond donors (Lipinski definition) is 2. The summed E-state index contributed by atoms with van der Waals surface area (Å²) in [6, 6.07) is 16.1. The number of ketones is 1. The lowest BCUT2D eigenvalue weighted by Crippen LogP contribution is -2.37. The van der Waals surface area contributed by atoms with E-state index in [0.717, 1.165) is 38.7 Å². The zero-order valence-corrected chi connectivity index (χ0v) is 22.5. The van der Waals surface area contributed by atoms with Crippen LogP contribution in [0, 0.1) is 13.8 Å². The number of anilines is 1. The number of aryl methyl sites for hydroxylation is 2. The predicted octanol–water partition coefficient (Wildman–Crippen LogP) is 6.48. The van der Waals surface area contributed by atoms with Gasteiger partial charge in [-0.15, -0.1) is 23.1 Å². The number of Topliss-reactive ketones (excluding diaryl/α,β-unsaturated/α-hetero) is 1. The Hall–Kier alpha value is -3.16. The molecule has 184 valence electrons. The van der Waals surface area contributed by atoms with Crippen LogP contribution in [-0.2, 0) is 9.59 Å². The van der Waals surface area contributed by atoms with Crippen molar-refractivity contribution in [1.82, 2.24) is 10.3 Å². The quantitative estimate of drug-likeness (QED) is 0.381.